The van der Waals surface area contributed by atoms with Gasteiger partial charge in [-0.1, -0.05) is 19.9 Å². The fraction of sp³-hybridized carbons (Fsp3) is 0.733. The Balaban J connectivity index is 1.22. The molecule has 0 aromatic heterocycles. The number of rotatable bonds is 6. The number of nitrogens with zero attached hydrogens (tertiary/aromatic N) is 1. The van der Waals surface area contributed by atoms with Gasteiger partial charge in [0, 0.05) is 26.1 Å². The molecule has 1 aromatic carbocycles. The second-order valence-electron chi connectivity index (χ2n) is 12.5. The van der Waals surface area contributed by atoms with E-state index in [1.165, 1.54) is 32.1 Å². The Kier molecular flexibility index (Phi) is 6.76. The third kappa shape index (κ3) is 4.09. The average Bonchev–Trinajstić information content (AvgIpc) is 3.21. The maximum absolute atomic E-state index is 12.9. The lowest BCUT2D eigenvalue weighted by Gasteiger charge is -2.61. The van der Waals surface area contributed by atoms with E-state index < -0.39 is 0 Å². The van der Waals surface area contributed by atoms with Gasteiger partial charge in [0.1, 0.15) is 0 Å². The first-order chi connectivity index (χ1) is 17.2. The Labute approximate surface area is 216 Å². The van der Waals surface area contributed by atoms with Crippen LogP contribution in [0.4, 0.5) is 0 Å². The van der Waals surface area contributed by atoms with Crippen molar-refractivity contribution in [3.8, 4) is 11.5 Å². The summed E-state index contributed by atoms with van der Waals surface area (Å²) < 4.78 is 10.7. The molecule has 198 valence electrons. The van der Waals surface area contributed by atoms with Gasteiger partial charge in [0.25, 0.3) is 0 Å². The van der Waals surface area contributed by atoms with Gasteiger partial charge in [0.05, 0.1) is 20.6 Å². The van der Waals surface area contributed by atoms with Crippen LogP contribution in [0.5, 0.6) is 11.5 Å². The summed E-state index contributed by atoms with van der Waals surface area (Å²) in [5.74, 6) is 4.51. The summed E-state index contributed by atoms with van der Waals surface area (Å²) in [6.45, 7) is 5.77. The minimum Gasteiger partial charge on any atom is -0.493 e. The number of carbonyl (C=O) groups excluding carboxylic acids is 2. The normalized spacial score (nSPS) is 37.5. The van der Waals surface area contributed by atoms with E-state index in [-0.39, 0.29) is 11.3 Å². The fourth-order valence-corrected chi connectivity index (χ4v) is 9.07. The molecule has 4 aliphatic rings. The smallest absolute Gasteiger partial charge is 0.224 e. The molecule has 1 aromatic rings. The SMILES string of the molecule is COc1ccc(CC(=O)NCC2CC[C@H]3[C@@H]4CCC5N(C)C(=O)CC[C@]5(C)[C@@H]4CC[C@]23C)cc1OC. The molecule has 3 saturated carbocycles. The average molecular weight is 497 g/mol. The molecule has 2 unspecified atom stereocenters. The third-order valence-corrected chi connectivity index (χ3v) is 11.1. The number of likely N-dealkylation sites (tertiary alicyclic amines) is 1. The van der Waals surface area contributed by atoms with Crippen molar-refractivity contribution in [1.29, 1.82) is 0 Å². The molecule has 3 aliphatic carbocycles. The van der Waals surface area contributed by atoms with E-state index in [0.717, 1.165) is 42.7 Å². The van der Waals surface area contributed by atoms with E-state index in [9.17, 15) is 9.59 Å². The molecule has 1 aliphatic heterocycles. The van der Waals surface area contributed by atoms with Crippen LogP contribution in [0.3, 0.4) is 0 Å². The Morgan fingerprint density at radius 3 is 2.50 bits per heavy atom. The van der Waals surface area contributed by atoms with Gasteiger partial charge in [-0.05, 0) is 97.1 Å². The molecule has 36 heavy (non-hydrogen) atoms. The molecule has 4 fully saturated rings. The lowest BCUT2D eigenvalue weighted by atomic mass is 9.47. The summed E-state index contributed by atoms with van der Waals surface area (Å²) in [7, 11) is 5.27. The van der Waals surface area contributed by atoms with Crippen LogP contribution in [0.2, 0.25) is 0 Å². The number of benzene rings is 1. The van der Waals surface area contributed by atoms with E-state index in [2.05, 4.69) is 24.1 Å². The van der Waals surface area contributed by atoms with Gasteiger partial charge in [-0.3, -0.25) is 9.59 Å². The molecule has 0 spiro atoms. The molecule has 6 nitrogen and oxygen atoms in total. The molecule has 5 rings (SSSR count). The predicted molar refractivity (Wildman–Crippen MR) is 140 cm³/mol. The molecule has 6 heteroatoms. The number of hydrogen-bond acceptors (Lipinski definition) is 4. The van der Waals surface area contributed by atoms with Crippen LogP contribution < -0.4 is 14.8 Å². The molecule has 0 radical (unpaired) electrons. The summed E-state index contributed by atoms with van der Waals surface area (Å²) in [5, 5.41) is 3.28. The summed E-state index contributed by atoms with van der Waals surface area (Å²) in [5.41, 5.74) is 1.50. The Morgan fingerprint density at radius 2 is 1.75 bits per heavy atom. The maximum Gasteiger partial charge on any atom is 0.224 e. The first kappa shape index (κ1) is 25.4. The van der Waals surface area contributed by atoms with Gasteiger partial charge in [0.15, 0.2) is 11.5 Å². The van der Waals surface area contributed by atoms with E-state index >= 15 is 0 Å². The van der Waals surface area contributed by atoms with Crippen molar-refractivity contribution in [2.24, 2.45) is 34.5 Å². The van der Waals surface area contributed by atoms with Gasteiger partial charge in [-0.25, -0.2) is 0 Å². The number of hydrogen-bond donors (Lipinski definition) is 1. The van der Waals surface area contributed by atoms with E-state index in [1.54, 1.807) is 14.2 Å². The standard InChI is InChI=1S/C30H44N2O4/c1-29-14-12-23-21(8-11-26-30(23,2)15-13-28(34)32(26)3)22(29)9-7-20(29)18-31-27(33)17-19-6-10-24(35-4)25(16-19)36-5/h6,10,16,20-23,26H,7-9,11-15,17-18H2,1-5H3,(H,31,33)/t20?,21-,22-,23+,26?,29+,30+/m0/s1. The first-order valence-electron chi connectivity index (χ1n) is 13.9. The van der Waals surface area contributed by atoms with Crippen molar-refractivity contribution >= 4 is 11.8 Å². The molecular weight excluding hydrogens is 452 g/mol. The van der Waals surface area contributed by atoms with Crippen LogP contribution in [0, 0.1) is 34.5 Å². The number of amides is 2. The topological polar surface area (TPSA) is 67.9 Å². The second kappa shape index (κ2) is 9.57. The zero-order chi connectivity index (χ0) is 25.7. The quantitative estimate of drug-likeness (QED) is 0.612. The zero-order valence-corrected chi connectivity index (χ0v) is 22.8. The van der Waals surface area contributed by atoms with Crippen LogP contribution in [0.15, 0.2) is 18.2 Å². The summed E-state index contributed by atoms with van der Waals surface area (Å²) >= 11 is 0. The Morgan fingerprint density at radius 1 is 1.00 bits per heavy atom. The third-order valence-electron chi connectivity index (χ3n) is 11.1. The summed E-state index contributed by atoms with van der Waals surface area (Å²) in [6, 6.07) is 6.09. The van der Waals surface area contributed by atoms with Crippen LogP contribution in [0.1, 0.15) is 70.8 Å². The highest BCUT2D eigenvalue weighted by atomic mass is 16.5. The number of carbonyl (C=O) groups is 2. The molecule has 0 bridgehead atoms. The Bertz CT molecular complexity index is 1010. The van der Waals surface area contributed by atoms with Crippen LogP contribution in [0.25, 0.3) is 0 Å². The Hall–Kier alpha value is -2.24. The van der Waals surface area contributed by atoms with E-state index in [0.29, 0.717) is 47.6 Å². The van der Waals surface area contributed by atoms with Gasteiger partial charge in [0.2, 0.25) is 11.8 Å². The minimum absolute atomic E-state index is 0.0749. The molecule has 7 atom stereocenters. The zero-order valence-electron chi connectivity index (χ0n) is 22.8. The van der Waals surface area contributed by atoms with Gasteiger partial charge < -0.3 is 19.7 Å². The van der Waals surface area contributed by atoms with E-state index in [4.69, 9.17) is 9.47 Å². The van der Waals surface area contributed by atoms with Gasteiger partial charge >= 0.3 is 0 Å². The van der Waals surface area contributed by atoms with Crippen LogP contribution >= 0.6 is 0 Å². The maximum atomic E-state index is 12.9. The highest BCUT2D eigenvalue weighted by Crippen LogP contribution is 2.66. The van der Waals surface area contributed by atoms with Crippen LogP contribution in [-0.2, 0) is 16.0 Å². The monoisotopic (exact) mass is 496 g/mol. The molecule has 1 heterocycles. The molecular formula is C30H44N2O4. The van der Waals surface area contributed by atoms with Crippen molar-refractivity contribution in [2.75, 3.05) is 27.8 Å². The first-order valence-corrected chi connectivity index (χ1v) is 13.9. The summed E-state index contributed by atoms with van der Waals surface area (Å²) in [6.07, 6.45) is 9.52. The second-order valence-corrected chi connectivity index (χ2v) is 12.5. The van der Waals surface area contributed by atoms with Gasteiger partial charge in [-0.2, -0.15) is 0 Å². The van der Waals surface area contributed by atoms with Crippen molar-refractivity contribution in [3.63, 3.8) is 0 Å². The van der Waals surface area contributed by atoms with E-state index in [1.807, 2.05) is 25.2 Å². The fourth-order valence-electron chi connectivity index (χ4n) is 9.07. The highest BCUT2D eigenvalue weighted by Gasteiger charge is 2.60. The number of ether oxygens (including phenoxy) is 2. The molecule has 2 amide bonds. The largest absolute Gasteiger partial charge is 0.493 e. The van der Waals surface area contributed by atoms with Crippen molar-refractivity contribution in [1.82, 2.24) is 10.2 Å². The number of nitrogens with one attached hydrogen (secondary N) is 1. The highest BCUT2D eigenvalue weighted by molar-refractivity contribution is 5.79. The van der Waals surface area contributed by atoms with Gasteiger partial charge in [-0.15, -0.1) is 0 Å². The van der Waals surface area contributed by atoms with Crippen LogP contribution in [-0.4, -0.2) is 50.6 Å². The summed E-state index contributed by atoms with van der Waals surface area (Å²) in [4.78, 5) is 27.4. The number of piperidine rings is 1. The minimum atomic E-state index is 0.0749. The molecule has 1 saturated heterocycles. The number of fused-ring (bicyclic) bond motifs is 5. The van der Waals surface area contributed by atoms with Crippen molar-refractivity contribution in [2.45, 2.75) is 77.7 Å². The van der Waals surface area contributed by atoms with Crippen molar-refractivity contribution < 1.29 is 19.1 Å². The van der Waals surface area contributed by atoms with Crippen molar-refractivity contribution in [3.05, 3.63) is 23.8 Å². The number of methoxy groups -OCH3 is 2. The lowest BCUT2D eigenvalue weighted by Crippen LogP contribution is -2.61. The predicted octanol–water partition coefficient (Wildman–Crippen LogP) is 4.84. The molecule has 1 N–H and O–H groups in total. The lowest BCUT2D eigenvalue weighted by molar-refractivity contribution is -0.158.